The van der Waals surface area contributed by atoms with Crippen molar-refractivity contribution in [3.05, 3.63) is 53.3 Å². The van der Waals surface area contributed by atoms with E-state index in [9.17, 15) is 9.18 Å². The second-order valence-electron chi connectivity index (χ2n) is 9.61. The lowest BCUT2D eigenvalue weighted by Gasteiger charge is -2.33. The Labute approximate surface area is 199 Å². The maximum Gasteiger partial charge on any atom is 0.243 e. The van der Waals surface area contributed by atoms with E-state index in [0.717, 1.165) is 49.6 Å². The van der Waals surface area contributed by atoms with Gasteiger partial charge in [0.25, 0.3) is 0 Å². The van der Waals surface area contributed by atoms with Gasteiger partial charge in [0.15, 0.2) is 0 Å². The van der Waals surface area contributed by atoms with Gasteiger partial charge in [-0.15, -0.1) is 0 Å². The Morgan fingerprint density at radius 2 is 1.70 bits per heavy atom. The summed E-state index contributed by atoms with van der Waals surface area (Å²) in [5, 5.41) is 3.47. The van der Waals surface area contributed by atoms with Crippen LogP contribution in [0.2, 0.25) is 5.02 Å². The molecular formula is C27H31ClFN3O. The zero-order chi connectivity index (χ0) is 22.8. The van der Waals surface area contributed by atoms with E-state index in [4.69, 9.17) is 16.6 Å². The summed E-state index contributed by atoms with van der Waals surface area (Å²) in [6.45, 7) is 0. The number of rotatable bonds is 5. The molecule has 0 radical (unpaired) electrons. The fraction of sp³-hybridized carbons (Fsp3) is 0.481. The first-order chi connectivity index (χ1) is 16.1. The molecule has 2 aliphatic carbocycles. The van der Waals surface area contributed by atoms with Crippen molar-refractivity contribution in [1.82, 2.24) is 14.9 Å². The lowest BCUT2D eigenvalue weighted by atomic mass is 9.82. The molecule has 2 aromatic carbocycles. The summed E-state index contributed by atoms with van der Waals surface area (Å²) in [6, 6.07) is 12.6. The number of carbonyl (C=O) groups is 1. The van der Waals surface area contributed by atoms with Gasteiger partial charge in [0.05, 0.1) is 16.1 Å². The van der Waals surface area contributed by atoms with E-state index in [1.165, 1.54) is 31.7 Å². The summed E-state index contributed by atoms with van der Waals surface area (Å²) >= 11 is 5.96. The van der Waals surface area contributed by atoms with Gasteiger partial charge in [-0.25, -0.2) is 9.37 Å². The van der Waals surface area contributed by atoms with Crippen molar-refractivity contribution in [2.45, 2.75) is 76.3 Å². The Morgan fingerprint density at radius 3 is 2.42 bits per heavy atom. The first-order valence-corrected chi connectivity index (χ1v) is 12.7. The third-order valence-corrected chi connectivity index (χ3v) is 7.67. The molecule has 1 aromatic heterocycles. The zero-order valence-electron chi connectivity index (χ0n) is 18.9. The van der Waals surface area contributed by atoms with Crippen molar-refractivity contribution in [2.24, 2.45) is 5.92 Å². The van der Waals surface area contributed by atoms with Crippen LogP contribution in [0.4, 0.5) is 4.39 Å². The fourth-order valence-corrected chi connectivity index (χ4v) is 5.81. The molecule has 0 aliphatic heterocycles. The Bertz CT molecular complexity index is 1130. The Morgan fingerprint density at radius 1 is 1.00 bits per heavy atom. The molecule has 0 spiro atoms. The van der Waals surface area contributed by atoms with Crippen LogP contribution in [0.5, 0.6) is 0 Å². The summed E-state index contributed by atoms with van der Waals surface area (Å²) in [4.78, 5) is 18.8. The molecule has 2 saturated carbocycles. The molecule has 1 unspecified atom stereocenters. The van der Waals surface area contributed by atoms with Crippen molar-refractivity contribution in [2.75, 3.05) is 0 Å². The molecule has 0 saturated heterocycles. The van der Waals surface area contributed by atoms with E-state index in [0.29, 0.717) is 11.4 Å². The van der Waals surface area contributed by atoms with E-state index in [2.05, 4.69) is 9.88 Å². The number of hydrogen-bond donors (Lipinski definition) is 1. The standard InChI is InChI=1S/C27H31ClFN3O/c28-21-16-15-19(17-22(21)29)26-31-23-13-7-8-14-24(23)32(26)25(18-9-3-1-4-10-18)27(33)30-20-11-5-2-6-12-20/h7-8,13-18,20,25H,1-6,9-12H2,(H,30,33). The molecule has 3 aromatic rings. The van der Waals surface area contributed by atoms with Crippen molar-refractivity contribution in [3.8, 4) is 11.4 Å². The fourth-order valence-electron chi connectivity index (χ4n) is 5.69. The molecular weight excluding hydrogens is 437 g/mol. The minimum absolute atomic E-state index is 0.0765. The number of fused-ring (bicyclic) bond motifs is 1. The number of imidazole rings is 1. The van der Waals surface area contributed by atoms with Gasteiger partial charge in [0, 0.05) is 11.6 Å². The number of benzene rings is 2. The Hall–Kier alpha value is -2.40. The predicted octanol–water partition coefficient (Wildman–Crippen LogP) is 7.07. The van der Waals surface area contributed by atoms with Crippen LogP contribution in [-0.4, -0.2) is 21.5 Å². The summed E-state index contributed by atoms with van der Waals surface area (Å²) < 4.78 is 16.5. The van der Waals surface area contributed by atoms with Gasteiger partial charge >= 0.3 is 0 Å². The molecule has 2 aliphatic rings. The molecule has 0 bridgehead atoms. The number of nitrogens with zero attached hydrogens (tertiary/aromatic N) is 2. The van der Waals surface area contributed by atoms with E-state index in [1.54, 1.807) is 12.1 Å². The number of para-hydroxylation sites is 2. The lowest BCUT2D eigenvalue weighted by Crippen LogP contribution is -2.43. The molecule has 6 heteroatoms. The molecule has 4 nitrogen and oxygen atoms in total. The highest BCUT2D eigenvalue weighted by atomic mass is 35.5. The minimum atomic E-state index is -0.478. The van der Waals surface area contributed by atoms with E-state index < -0.39 is 5.82 Å². The molecule has 33 heavy (non-hydrogen) atoms. The summed E-state index contributed by atoms with van der Waals surface area (Å²) in [5.41, 5.74) is 2.37. The number of hydrogen-bond acceptors (Lipinski definition) is 2. The second-order valence-corrected chi connectivity index (χ2v) is 10.0. The van der Waals surface area contributed by atoms with E-state index >= 15 is 0 Å². The quantitative estimate of drug-likeness (QED) is 0.436. The third-order valence-electron chi connectivity index (χ3n) is 7.37. The summed E-state index contributed by atoms with van der Waals surface area (Å²) in [5.74, 6) is 0.457. The smallest absolute Gasteiger partial charge is 0.243 e. The van der Waals surface area contributed by atoms with E-state index in [1.807, 2.05) is 24.3 Å². The third kappa shape index (κ3) is 4.65. The number of nitrogens with one attached hydrogen (secondary N) is 1. The summed E-state index contributed by atoms with van der Waals surface area (Å²) in [7, 11) is 0. The average molecular weight is 468 g/mol. The highest BCUT2D eigenvalue weighted by Crippen LogP contribution is 2.39. The SMILES string of the molecule is O=C(NC1CCCCC1)C(C1CCCCC1)n1c(-c2ccc(Cl)c(F)c2)nc2ccccc21. The number of halogens is 2. The molecule has 5 rings (SSSR count). The van der Waals surface area contributed by atoms with Gasteiger partial charge in [-0.2, -0.15) is 0 Å². The normalized spacial score (nSPS) is 19.0. The lowest BCUT2D eigenvalue weighted by molar-refractivity contribution is -0.127. The van der Waals surface area contributed by atoms with Crippen LogP contribution in [0, 0.1) is 11.7 Å². The van der Waals surface area contributed by atoms with Crippen molar-refractivity contribution >= 4 is 28.5 Å². The van der Waals surface area contributed by atoms with Gasteiger partial charge in [-0.05, 0) is 61.9 Å². The van der Waals surface area contributed by atoms with Crippen LogP contribution in [0.15, 0.2) is 42.5 Å². The average Bonchev–Trinajstić information content (AvgIpc) is 3.22. The van der Waals surface area contributed by atoms with Crippen LogP contribution in [0.25, 0.3) is 22.4 Å². The van der Waals surface area contributed by atoms with Gasteiger partial charge in [0.2, 0.25) is 5.91 Å². The van der Waals surface area contributed by atoms with Crippen LogP contribution in [0.3, 0.4) is 0 Å². The molecule has 1 amide bonds. The number of amides is 1. The molecule has 1 N–H and O–H groups in total. The second kappa shape index (κ2) is 9.84. The zero-order valence-corrected chi connectivity index (χ0v) is 19.7. The monoisotopic (exact) mass is 467 g/mol. The molecule has 1 heterocycles. The Balaban J connectivity index is 1.62. The van der Waals surface area contributed by atoms with Crippen molar-refractivity contribution in [3.63, 3.8) is 0 Å². The molecule has 174 valence electrons. The van der Waals surface area contributed by atoms with Gasteiger partial charge in [0.1, 0.15) is 17.7 Å². The van der Waals surface area contributed by atoms with Crippen molar-refractivity contribution in [1.29, 1.82) is 0 Å². The highest BCUT2D eigenvalue weighted by molar-refractivity contribution is 6.30. The minimum Gasteiger partial charge on any atom is -0.352 e. The maximum absolute atomic E-state index is 14.4. The van der Waals surface area contributed by atoms with Crippen LogP contribution < -0.4 is 5.32 Å². The van der Waals surface area contributed by atoms with E-state index in [-0.39, 0.29) is 28.9 Å². The van der Waals surface area contributed by atoms with Crippen LogP contribution >= 0.6 is 11.6 Å². The van der Waals surface area contributed by atoms with Crippen LogP contribution in [0.1, 0.15) is 70.3 Å². The van der Waals surface area contributed by atoms with Gasteiger partial charge in [-0.1, -0.05) is 62.3 Å². The highest BCUT2D eigenvalue weighted by Gasteiger charge is 2.35. The largest absolute Gasteiger partial charge is 0.352 e. The van der Waals surface area contributed by atoms with Gasteiger partial charge in [-0.3, -0.25) is 4.79 Å². The maximum atomic E-state index is 14.4. The number of aromatic nitrogens is 2. The molecule has 1 atom stereocenters. The topological polar surface area (TPSA) is 46.9 Å². The first kappa shape index (κ1) is 22.4. The predicted molar refractivity (Wildman–Crippen MR) is 131 cm³/mol. The molecule has 2 fully saturated rings. The number of carbonyl (C=O) groups excluding carboxylic acids is 1. The summed E-state index contributed by atoms with van der Waals surface area (Å²) in [6.07, 6.45) is 11.2. The van der Waals surface area contributed by atoms with Gasteiger partial charge < -0.3 is 9.88 Å². The van der Waals surface area contributed by atoms with Crippen molar-refractivity contribution < 1.29 is 9.18 Å². The van der Waals surface area contributed by atoms with Crippen LogP contribution in [-0.2, 0) is 4.79 Å². The first-order valence-electron chi connectivity index (χ1n) is 12.3. The Kier molecular flexibility index (Phi) is 6.68.